The Balaban J connectivity index is 1.60. The Morgan fingerprint density at radius 2 is 2.38 bits per heavy atom. The van der Waals surface area contributed by atoms with Gasteiger partial charge >= 0.3 is 7.82 Å². The van der Waals surface area contributed by atoms with Crippen LogP contribution in [0.2, 0.25) is 0 Å². The number of phosphoric ester groups is 1. The third-order valence-corrected chi connectivity index (χ3v) is 5.73. The zero-order valence-electron chi connectivity index (χ0n) is 13.3. The summed E-state index contributed by atoms with van der Waals surface area (Å²) in [7, 11) is -3.77. The van der Waals surface area contributed by atoms with E-state index in [4.69, 9.17) is 18.3 Å². The van der Waals surface area contributed by atoms with Crippen molar-refractivity contribution in [3.63, 3.8) is 0 Å². The molecule has 0 bridgehead atoms. The smallest absolute Gasteiger partial charge is 0.388 e. The molecule has 10 heteroatoms. The molecule has 134 valence electrons. The van der Waals surface area contributed by atoms with Crippen LogP contribution < -0.4 is 0 Å². The summed E-state index contributed by atoms with van der Waals surface area (Å²) < 4.78 is 34.1. The van der Waals surface area contributed by atoms with E-state index in [1.807, 2.05) is 6.08 Å². The topological polar surface area (TPSA) is 116 Å². The molecule has 0 saturated carbocycles. The van der Waals surface area contributed by atoms with Gasteiger partial charge in [0, 0.05) is 19.2 Å². The predicted octanol–water partition coefficient (Wildman–Crippen LogP) is 1.60. The summed E-state index contributed by atoms with van der Waals surface area (Å²) in [5, 5.41) is 12.7. The van der Waals surface area contributed by atoms with E-state index in [0.29, 0.717) is 6.42 Å². The number of phosphoric acid groups is 1. The summed E-state index contributed by atoms with van der Waals surface area (Å²) in [4.78, 5) is 15.1. The van der Waals surface area contributed by atoms with Crippen LogP contribution in [0.3, 0.4) is 0 Å². The Morgan fingerprint density at radius 1 is 1.54 bits per heavy atom. The van der Waals surface area contributed by atoms with Crippen molar-refractivity contribution in [1.82, 2.24) is 0 Å². The second kappa shape index (κ2) is 7.51. The van der Waals surface area contributed by atoms with Crippen LogP contribution in [0.25, 0.3) is 0 Å². The van der Waals surface area contributed by atoms with Gasteiger partial charge in [-0.15, -0.1) is 0 Å². The van der Waals surface area contributed by atoms with Crippen molar-refractivity contribution >= 4 is 14.0 Å². The SMILES string of the molecule is CC1OC(COP2(=O)OCCC(C3=CCCN=C3)O2)[C@@H](N=O)[C@H]1O. The molecule has 4 unspecified atom stereocenters. The summed E-state index contributed by atoms with van der Waals surface area (Å²) >= 11 is 0. The second-order valence-electron chi connectivity index (χ2n) is 5.95. The molecule has 2 fully saturated rings. The molecule has 0 amide bonds. The third kappa shape index (κ3) is 3.82. The summed E-state index contributed by atoms with van der Waals surface area (Å²) in [6, 6.07) is -0.972. The first kappa shape index (κ1) is 17.8. The van der Waals surface area contributed by atoms with Gasteiger partial charge in [0.2, 0.25) is 0 Å². The van der Waals surface area contributed by atoms with E-state index in [9.17, 15) is 14.6 Å². The van der Waals surface area contributed by atoms with E-state index in [0.717, 1.165) is 18.5 Å². The predicted molar refractivity (Wildman–Crippen MR) is 85.0 cm³/mol. The van der Waals surface area contributed by atoms with Gasteiger partial charge < -0.3 is 9.84 Å². The molecule has 0 aliphatic carbocycles. The quantitative estimate of drug-likeness (QED) is 0.585. The maximum atomic E-state index is 12.6. The lowest BCUT2D eigenvalue weighted by Gasteiger charge is -2.30. The van der Waals surface area contributed by atoms with E-state index in [2.05, 4.69) is 10.2 Å². The molecule has 0 aromatic rings. The fraction of sp³-hybridized carbons (Fsp3) is 0.786. The first-order valence-corrected chi connectivity index (χ1v) is 9.42. The molecular formula is C14H21N2O7P. The maximum Gasteiger partial charge on any atom is 0.475 e. The number of rotatable bonds is 5. The minimum atomic E-state index is -3.77. The van der Waals surface area contributed by atoms with Crippen molar-refractivity contribution < 1.29 is 28.0 Å². The number of nitrogens with zero attached hydrogens (tertiary/aromatic N) is 2. The van der Waals surface area contributed by atoms with Gasteiger partial charge in [-0.25, -0.2) is 4.57 Å². The average Bonchev–Trinajstić information content (AvgIpc) is 2.88. The van der Waals surface area contributed by atoms with Crippen molar-refractivity contribution in [2.45, 2.75) is 50.2 Å². The summed E-state index contributed by atoms with van der Waals surface area (Å²) in [5.74, 6) is 0. The van der Waals surface area contributed by atoms with Gasteiger partial charge in [-0.3, -0.25) is 18.6 Å². The van der Waals surface area contributed by atoms with Gasteiger partial charge in [0.15, 0.2) is 0 Å². The van der Waals surface area contributed by atoms with Crippen molar-refractivity contribution in [2.75, 3.05) is 19.8 Å². The summed E-state index contributed by atoms with van der Waals surface area (Å²) in [5.41, 5.74) is 0.863. The second-order valence-corrected chi connectivity index (χ2v) is 7.57. The number of aliphatic imine (C=N–C) groups is 1. The largest absolute Gasteiger partial charge is 0.475 e. The van der Waals surface area contributed by atoms with Gasteiger partial charge in [0.05, 0.1) is 25.4 Å². The molecule has 24 heavy (non-hydrogen) atoms. The lowest BCUT2D eigenvalue weighted by Crippen LogP contribution is -2.32. The van der Waals surface area contributed by atoms with E-state index >= 15 is 0 Å². The van der Waals surface area contributed by atoms with E-state index in [1.54, 1.807) is 13.1 Å². The van der Waals surface area contributed by atoms with Crippen LogP contribution in [-0.2, 0) is 22.9 Å². The van der Waals surface area contributed by atoms with E-state index in [1.165, 1.54) is 0 Å². The monoisotopic (exact) mass is 360 g/mol. The Labute approximate surface area is 139 Å². The number of hydrogen-bond acceptors (Lipinski definition) is 9. The van der Waals surface area contributed by atoms with Gasteiger partial charge in [-0.05, 0) is 18.9 Å². The van der Waals surface area contributed by atoms with Crippen LogP contribution in [0.1, 0.15) is 19.8 Å². The van der Waals surface area contributed by atoms with Crippen molar-refractivity contribution in [3.8, 4) is 0 Å². The average molecular weight is 360 g/mol. The first-order valence-electron chi connectivity index (χ1n) is 7.96. The van der Waals surface area contributed by atoms with E-state index in [-0.39, 0.29) is 13.2 Å². The fourth-order valence-electron chi connectivity index (χ4n) is 2.92. The Kier molecular flexibility index (Phi) is 5.59. The van der Waals surface area contributed by atoms with Crippen molar-refractivity contribution in [3.05, 3.63) is 16.6 Å². The zero-order chi connectivity index (χ0) is 17.2. The number of ether oxygens (including phenoxy) is 1. The number of aliphatic hydroxyl groups is 1. The molecule has 3 rings (SSSR count). The van der Waals surface area contributed by atoms with Crippen LogP contribution >= 0.6 is 7.82 Å². The summed E-state index contributed by atoms with van der Waals surface area (Å²) in [6.07, 6.45) is 2.33. The number of hydrogen-bond donors (Lipinski definition) is 1. The Morgan fingerprint density at radius 3 is 3.08 bits per heavy atom. The molecule has 3 aliphatic heterocycles. The summed E-state index contributed by atoms with van der Waals surface area (Å²) in [6.45, 7) is 2.38. The minimum absolute atomic E-state index is 0.213. The Bertz CT molecular complexity index is 581. The fourth-order valence-corrected chi connectivity index (χ4v) is 4.31. The lowest BCUT2D eigenvalue weighted by atomic mass is 10.1. The molecule has 1 N–H and O–H groups in total. The van der Waals surface area contributed by atoms with Gasteiger partial charge in [-0.1, -0.05) is 11.3 Å². The molecular weight excluding hydrogens is 339 g/mol. The number of nitroso groups, excluding NO2 is 1. The van der Waals surface area contributed by atoms with Crippen molar-refractivity contribution in [2.24, 2.45) is 10.2 Å². The first-order chi connectivity index (χ1) is 11.5. The molecule has 0 aromatic carbocycles. The normalized spacial score (nSPS) is 42.8. The van der Waals surface area contributed by atoms with Gasteiger partial charge in [0.1, 0.15) is 18.2 Å². The molecule has 2 saturated heterocycles. The number of dihydropyridines is 1. The molecule has 0 aromatic heterocycles. The molecule has 0 spiro atoms. The Hall–Kier alpha value is -0.960. The van der Waals surface area contributed by atoms with Crippen LogP contribution in [0.5, 0.6) is 0 Å². The van der Waals surface area contributed by atoms with Crippen LogP contribution in [0.4, 0.5) is 0 Å². The highest BCUT2D eigenvalue weighted by Crippen LogP contribution is 2.54. The van der Waals surface area contributed by atoms with Gasteiger partial charge in [-0.2, -0.15) is 4.91 Å². The van der Waals surface area contributed by atoms with E-state index < -0.39 is 38.3 Å². The number of aliphatic hydroxyl groups excluding tert-OH is 1. The van der Waals surface area contributed by atoms with Crippen LogP contribution in [0.15, 0.2) is 21.8 Å². The third-order valence-electron chi connectivity index (χ3n) is 4.26. The maximum absolute atomic E-state index is 12.6. The van der Waals surface area contributed by atoms with Gasteiger partial charge in [0.25, 0.3) is 0 Å². The highest BCUT2D eigenvalue weighted by molar-refractivity contribution is 7.48. The molecule has 0 radical (unpaired) electrons. The standard InChI is InChI=1S/C14H21N2O7P/c1-9-14(17)13(16-18)12(22-9)8-21-24(19)20-6-4-11(23-24)10-3-2-5-15-7-10/h3,7,9,11-14,17H,2,4-6,8H2,1H3/t9?,11?,12?,13-,14+,24?/m1/s1. The van der Waals surface area contributed by atoms with Crippen LogP contribution in [0, 0.1) is 4.91 Å². The lowest BCUT2D eigenvalue weighted by molar-refractivity contribution is -0.0146. The highest BCUT2D eigenvalue weighted by Gasteiger charge is 2.45. The molecule has 9 nitrogen and oxygen atoms in total. The van der Waals surface area contributed by atoms with Crippen molar-refractivity contribution in [1.29, 1.82) is 0 Å². The molecule has 3 aliphatic rings. The highest BCUT2D eigenvalue weighted by atomic mass is 31.2. The zero-order valence-corrected chi connectivity index (χ0v) is 14.2. The minimum Gasteiger partial charge on any atom is -0.388 e. The molecule has 3 heterocycles. The molecule has 6 atom stereocenters. The van der Waals surface area contributed by atoms with Crippen LogP contribution in [-0.4, -0.2) is 61.5 Å².